The van der Waals surface area contributed by atoms with Crippen LogP contribution >= 0.6 is 15.9 Å². The van der Waals surface area contributed by atoms with E-state index in [0.29, 0.717) is 46.1 Å². The normalized spacial score (nSPS) is 20.3. The molecule has 35 heavy (non-hydrogen) atoms. The van der Waals surface area contributed by atoms with Gasteiger partial charge in [0.15, 0.2) is 17.3 Å². The summed E-state index contributed by atoms with van der Waals surface area (Å²) in [5.74, 6) is 0.678. The van der Waals surface area contributed by atoms with Crippen molar-refractivity contribution in [1.29, 1.82) is 5.26 Å². The molecule has 10 heteroatoms. The lowest BCUT2D eigenvalue weighted by Gasteiger charge is -2.35. The van der Waals surface area contributed by atoms with Gasteiger partial charge < -0.3 is 14.8 Å². The SMILES string of the molecule is CCCC1CC(=O)C2=C(C1)NC(C)=C(C#N)C2c1cc(Br)c(OCCOS(C)(=O)=O)c(OCC)c1. The minimum absolute atomic E-state index is 0.00645. The Bertz CT molecular complexity index is 1200. The second-order valence-corrected chi connectivity index (χ2v) is 11.2. The molecule has 0 spiro atoms. The standard InChI is InChI=1S/C25H31BrN2O6S/c1-5-7-16-10-20-24(21(29)11-16)23(18(14-27)15(3)28-20)17-12-19(26)25(22(13-17)32-6-2)33-8-9-34-35(4,30)31/h12-13,16,23,28H,5-11H2,1-4H3. The van der Waals surface area contributed by atoms with Gasteiger partial charge in [-0.2, -0.15) is 13.7 Å². The van der Waals surface area contributed by atoms with Gasteiger partial charge in [0.2, 0.25) is 0 Å². The predicted molar refractivity (Wildman–Crippen MR) is 135 cm³/mol. The lowest BCUT2D eigenvalue weighted by molar-refractivity contribution is -0.117. The number of rotatable bonds is 10. The van der Waals surface area contributed by atoms with Crippen LogP contribution in [-0.2, 0) is 19.1 Å². The molecule has 3 rings (SSSR count). The van der Waals surface area contributed by atoms with E-state index in [1.165, 1.54) is 0 Å². The molecular weight excluding hydrogens is 536 g/mol. The molecule has 190 valence electrons. The highest BCUT2D eigenvalue weighted by Crippen LogP contribution is 2.47. The van der Waals surface area contributed by atoms with Crippen molar-refractivity contribution >= 4 is 31.8 Å². The molecule has 1 heterocycles. The summed E-state index contributed by atoms with van der Waals surface area (Å²) in [7, 11) is -3.57. The van der Waals surface area contributed by atoms with Gasteiger partial charge in [-0.05, 0) is 66.2 Å². The maximum absolute atomic E-state index is 13.3. The van der Waals surface area contributed by atoms with E-state index >= 15 is 0 Å². The maximum Gasteiger partial charge on any atom is 0.264 e. The first kappa shape index (κ1) is 27.2. The Balaban J connectivity index is 2.01. The molecule has 1 N–H and O–H groups in total. The highest BCUT2D eigenvalue weighted by Gasteiger charge is 2.39. The predicted octanol–water partition coefficient (Wildman–Crippen LogP) is 4.72. The third kappa shape index (κ3) is 6.46. The summed E-state index contributed by atoms with van der Waals surface area (Å²) < 4.78 is 39.3. The fourth-order valence-corrected chi connectivity index (χ4v) is 5.65. The number of carbonyl (C=O) groups is 1. The lowest BCUT2D eigenvalue weighted by atomic mass is 9.72. The number of benzene rings is 1. The van der Waals surface area contributed by atoms with E-state index in [4.69, 9.17) is 13.7 Å². The molecule has 2 aliphatic rings. The number of carbonyl (C=O) groups excluding carboxylic acids is 1. The molecule has 8 nitrogen and oxygen atoms in total. The number of halogens is 1. The number of ether oxygens (including phenoxy) is 2. The third-order valence-corrected chi connectivity index (χ3v) is 7.21. The van der Waals surface area contributed by atoms with Crippen molar-refractivity contribution in [2.45, 2.75) is 52.4 Å². The second kappa shape index (κ2) is 11.6. The first-order valence-electron chi connectivity index (χ1n) is 11.7. The van der Waals surface area contributed by atoms with E-state index in [1.54, 1.807) is 6.07 Å². The van der Waals surface area contributed by atoms with Crippen molar-refractivity contribution in [3.05, 3.63) is 44.7 Å². The number of hydrogen-bond donors (Lipinski definition) is 1. The number of nitrogens with zero attached hydrogens (tertiary/aromatic N) is 1. The molecular formula is C25H31BrN2O6S. The summed E-state index contributed by atoms with van der Waals surface area (Å²) in [5.41, 5.74) is 3.52. The Morgan fingerprint density at radius 3 is 2.57 bits per heavy atom. The summed E-state index contributed by atoms with van der Waals surface area (Å²) >= 11 is 3.54. The highest BCUT2D eigenvalue weighted by molar-refractivity contribution is 9.10. The smallest absolute Gasteiger partial charge is 0.264 e. The van der Waals surface area contributed by atoms with Crippen molar-refractivity contribution < 1.29 is 26.9 Å². The van der Waals surface area contributed by atoms with Crippen molar-refractivity contribution in [3.8, 4) is 17.6 Å². The second-order valence-electron chi connectivity index (χ2n) is 8.72. The van der Waals surface area contributed by atoms with Crippen LogP contribution in [0.2, 0.25) is 0 Å². The van der Waals surface area contributed by atoms with Gasteiger partial charge in [-0.1, -0.05) is 13.3 Å². The van der Waals surface area contributed by atoms with E-state index in [2.05, 4.69) is 34.2 Å². The summed E-state index contributed by atoms with van der Waals surface area (Å²) in [5, 5.41) is 13.3. The minimum Gasteiger partial charge on any atom is -0.490 e. The van der Waals surface area contributed by atoms with Crippen LogP contribution in [0, 0.1) is 17.2 Å². The first-order valence-corrected chi connectivity index (χ1v) is 14.3. The van der Waals surface area contributed by atoms with Crippen LogP contribution in [0.25, 0.3) is 0 Å². The number of nitrogens with one attached hydrogen (secondary N) is 1. The van der Waals surface area contributed by atoms with E-state index in [1.807, 2.05) is 19.9 Å². The van der Waals surface area contributed by atoms with Crippen LogP contribution < -0.4 is 14.8 Å². The zero-order valence-corrected chi connectivity index (χ0v) is 22.8. The number of Topliss-reactive ketones (excluding diaryl/α,β-unsaturated/α-hetero) is 1. The van der Waals surface area contributed by atoms with E-state index in [0.717, 1.165) is 42.5 Å². The molecule has 0 radical (unpaired) electrons. The van der Waals surface area contributed by atoms with Crippen molar-refractivity contribution in [2.24, 2.45) is 5.92 Å². The molecule has 0 saturated heterocycles. The van der Waals surface area contributed by atoms with E-state index in [-0.39, 0.29) is 19.0 Å². The van der Waals surface area contributed by atoms with Crippen LogP contribution in [0.5, 0.6) is 11.5 Å². The largest absolute Gasteiger partial charge is 0.490 e. The van der Waals surface area contributed by atoms with Crippen LogP contribution in [0.15, 0.2) is 39.1 Å². The highest BCUT2D eigenvalue weighted by atomic mass is 79.9. The van der Waals surface area contributed by atoms with Crippen LogP contribution in [0.1, 0.15) is 57.9 Å². The van der Waals surface area contributed by atoms with Crippen molar-refractivity contribution in [3.63, 3.8) is 0 Å². The summed E-state index contributed by atoms with van der Waals surface area (Å²) in [6.45, 7) is 6.04. The molecule has 1 aliphatic heterocycles. The number of hydrogen-bond acceptors (Lipinski definition) is 8. The van der Waals surface area contributed by atoms with Gasteiger partial charge in [-0.3, -0.25) is 8.98 Å². The quantitative estimate of drug-likeness (QED) is 0.319. The van der Waals surface area contributed by atoms with Crippen LogP contribution in [0.4, 0.5) is 0 Å². The molecule has 0 fully saturated rings. The Labute approximate surface area is 215 Å². The fourth-order valence-electron chi connectivity index (χ4n) is 4.70. The lowest BCUT2D eigenvalue weighted by Crippen LogP contribution is -2.34. The molecule has 0 saturated carbocycles. The molecule has 2 unspecified atom stereocenters. The van der Waals surface area contributed by atoms with Crippen LogP contribution in [-0.4, -0.2) is 40.3 Å². The Morgan fingerprint density at radius 2 is 1.94 bits per heavy atom. The van der Waals surface area contributed by atoms with E-state index < -0.39 is 16.0 Å². The van der Waals surface area contributed by atoms with Gasteiger partial charge in [-0.15, -0.1) is 0 Å². The molecule has 1 aromatic rings. The van der Waals surface area contributed by atoms with Crippen molar-refractivity contribution in [2.75, 3.05) is 26.1 Å². The monoisotopic (exact) mass is 566 g/mol. The molecule has 0 amide bonds. The fraction of sp³-hybridized carbons (Fsp3) is 0.520. The zero-order chi connectivity index (χ0) is 25.8. The number of dihydropyridines is 1. The summed E-state index contributed by atoms with van der Waals surface area (Å²) in [6.07, 6.45) is 4.23. The number of ketones is 1. The number of allylic oxidation sites excluding steroid dienone is 4. The minimum atomic E-state index is -3.57. The van der Waals surface area contributed by atoms with Gasteiger partial charge in [0.1, 0.15) is 13.2 Å². The molecule has 1 aromatic carbocycles. The van der Waals surface area contributed by atoms with Gasteiger partial charge in [0.05, 0.1) is 34.9 Å². The average molecular weight is 568 g/mol. The number of nitriles is 1. The third-order valence-electron chi connectivity index (χ3n) is 6.02. The molecule has 1 aliphatic carbocycles. The van der Waals surface area contributed by atoms with Crippen LogP contribution in [0.3, 0.4) is 0 Å². The Morgan fingerprint density at radius 1 is 1.20 bits per heavy atom. The van der Waals surface area contributed by atoms with Gasteiger partial charge in [0, 0.05) is 23.4 Å². The first-order chi connectivity index (χ1) is 16.6. The Hall–Kier alpha value is -2.35. The topological polar surface area (TPSA) is 115 Å². The Kier molecular flexibility index (Phi) is 9.02. The summed E-state index contributed by atoms with van der Waals surface area (Å²) in [4.78, 5) is 13.3. The zero-order valence-electron chi connectivity index (χ0n) is 20.4. The van der Waals surface area contributed by atoms with Gasteiger partial charge >= 0.3 is 0 Å². The molecule has 0 bridgehead atoms. The maximum atomic E-state index is 13.3. The summed E-state index contributed by atoms with van der Waals surface area (Å²) in [6, 6.07) is 5.92. The molecule has 2 atom stereocenters. The van der Waals surface area contributed by atoms with Crippen molar-refractivity contribution in [1.82, 2.24) is 5.32 Å². The van der Waals surface area contributed by atoms with Gasteiger partial charge in [-0.25, -0.2) is 0 Å². The van der Waals surface area contributed by atoms with Gasteiger partial charge in [0.25, 0.3) is 10.1 Å². The average Bonchev–Trinajstić information content (AvgIpc) is 2.76. The molecule has 0 aromatic heterocycles. The van der Waals surface area contributed by atoms with E-state index in [9.17, 15) is 18.5 Å².